The fourth-order valence-electron chi connectivity index (χ4n) is 2.61. The van der Waals surface area contributed by atoms with Gasteiger partial charge in [-0.25, -0.2) is 17.6 Å². The second kappa shape index (κ2) is 8.27. The summed E-state index contributed by atoms with van der Waals surface area (Å²) in [6.45, 7) is 0. The first-order valence-electron chi connectivity index (χ1n) is 8.35. The van der Waals surface area contributed by atoms with Crippen LogP contribution in [0.15, 0.2) is 70.2 Å². The van der Waals surface area contributed by atoms with Gasteiger partial charge in [0.15, 0.2) is 15.6 Å². The van der Waals surface area contributed by atoms with E-state index in [-0.39, 0.29) is 27.5 Å². The number of ether oxygens (including phenoxy) is 1. The van der Waals surface area contributed by atoms with Crippen LogP contribution in [0, 0.1) is 5.82 Å². The zero-order valence-electron chi connectivity index (χ0n) is 15.2. The molecule has 150 valence electrons. The lowest BCUT2D eigenvalue weighted by atomic mass is 10.2. The largest absolute Gasteiger partial charge is 0.465 e. The number of sulfone groups is 1. The predicted molar refractivity (Wildman–Crippen MR) is 102 cm³/mol. The van der Waals surface area contributed by atoms with E-state index < -0.39 is 33.3 Å². The average Bonchev–Trinajstić information content (AvgIpc) is 3.17. The van der Waals surface area contributed by atoms with Gasteiger partial charge in [-0.15, -0.1) is 0 Å². The molecule has 0 fully saturated rings. The minimum Gasteiger partial charge on any atom is -0.465 e. The lowest BCUT2D eigenvalue weighted by molar-refractivity contribution is 0.0600. The quantitative estimate of drug-likeness (QED) is 0.617. The monoisotopic (exact) mass is 417 g/mol. The van der Waals surface area contributed by atoms with E-state index in [4.69, 9.17) is 4.42 Å². The molecule has 0 aliphatic carbocycles. The number of nitrogens with one attached hydrogen (secondary N) is 1. The Morgan fingerprint density at radius 2 is 1.83 bits per heavy atom. The molecule has 2 aromatic carbocycles. The maximum absolute atomic E-state index is 14.0. The van der Waals surface area contributed by atoms with Crippen LogP contribution in [0.3, 0.4) is 0 Å². The first-order chi connectivity index (χ1) is 13.8. The Balaban J connectivity index is 1.84. The predicted octanol–water partition coefficient (Wildman–Crippen LogP) is 3.43. The van der Waals surface area contributed by atoms with E-state index >= 15 is 0 Å². The zero-order valence-corrected chi connectivity index (χ0v) is 16.0. The summed E-state index contributed by atoms with van der Waals surface area (Å²) in [6, 6.07) is 12.4. The molecule has 0 saturated heterocycles. The molecule has 0 spiro atoms. The maximum atomic E-state index is 14.0. The van der Waals surface area contributed by atoms with Crippen molar-refractivity contribution >= 4 is 27.4 Å². The Bertz CT molecular complexity index is 1150. The first kappa shape index (κ1) is 20.3. The van der Waals surface area contributed by atoms with Crippen LogP contribution in [0.1, 0.15) is 26.5 Å². The van der Waals surface area contributed by atoms with E-state index in [1.165, 1.54) is 37.6 Å². The molecule has 1 N–H and O–H groups in total. The minimum absolute atomic E-state index is 0.0375. The van der Waals surface area contributed by atoms with Crippen molar-refractivity contribution in [3.05, 3.63) is 83.6 Å². The number of carbonyl (C=O) groups is 2. The molecule has 3 aromatic rings. The lowest BCUT2D eigenvalue weighted by Crippen LogP contribution is -2.16. The number of hydrogen-bond donors (Lipinski definition) is 1. The molecule has 0 bridgehead atoms. The number of furan rings is 1. The molecule has 29 heavy (non-hydrogen) atoms. The summed E-state index contributed by atoms with van der Waals surface area (Å²) in [5.41, 5.74) is -0.113. The normalized spacial score (nSPS) is 11.1. The Labute approximate surface area is 166 Å². The van der Waals surface area contributed by atoms with Crippen LogP contribution in [0.4, 0.5) is 10.1 Å². The zero-order chi connectivity index (χ0) is 21.0. The highest BCUT2D eigenvalue weighted by atomic mass is 32.2. The second-order valence-corrected chi connectivity index (χ2v) is 7.98. The van der Waals surface area contributed by atoms with Gasteiger partial charge >= 0.3 is 5.97 Å². The van der Waals surface area contributed by atoms with Crippen molar-refractivity contribution in [2.24, 2.45) is 0 Å². The fourth-order valence-corrected chi connectivity index (χ4v) is 3.98. The summed E-state index contributed by atoms with van der Waals surface area (Å²) in [6.07, 6.45) is 1.17. The minimum atomic E-state index is -3.72. The number of carbonyl (C=O) groups excluding carboxylic acids is 2. The number of anilines is 1. The number of amides is 1. The van der Waals surface area contributed by atoms with Crippen molar-refractivity contribution in [1.82, 2.24) is 0 Å². The Hall–Kier alpha value is -3.46. The number of halogens is 1. The van der Waals surface area contributed by atoms with E-state index in [0.29, 0.717) is 0 Å². The van der Waals surface area contributed by atoms with Gasteiger partial charge in [-0.05, 0) is 36.4 Å². The summed E-state index contributed by atoms with van der Waals surface area (Å²) < 4.78 is 48.8. The maximum Gasteiger partial charge on any atom is 0.337 e. The van der Waals surface area contributed by atoms with Crippen molar-refractivity contribution in [3.63, 3.8) is 0 Å². The topological polar surface area (TPSA) is 103 Å². The SMILES string of the molecule is COC(=O)c1ccc(F)c(NC(=O)c2occc2CS(=O)(=O)c2ccccc2)c1. The van der Waals surface area contributed by atoms with E-state index in [1.807, 2.05) is 0 Å². The van der Waals surface area contributed by atoms with Gasteiger partial charge in [0, 0.05) is 5.56 Å². The standard InChI is InChI=1S/C20H16FNO6S/c1-27-20(24)13-7-8-16(21)17(11-13)22-19(23)18-14(9-10-28-18)12-29(25,26)15-5-3-2-4-6-15/h2-11H,12H2,1H3,(H,22,23). The highest BCUT2D eigenvalue weighted by Gasteiger charge is 2.23. The van der Waals surface area contributed by atoms with E-state index in [9.17, 15) is 22.4 Å². The average molecular weight is 417 g/mol. The van der Waals surface area contributed by atoms with Crippen LogP contribution in [0.5, 0.6) is 0 Å². The Morgan fingerprint density at radius 1 is 1.10 bits per heavy atom. The number of methoxy groups -OCH3 is 1. The number of rotatable bonds is 6. The summed E-state index contributed by atoms with van der Waals surface area (Å²) >= 11 is 0. The molecule has 0 unspecified atom stereocenters. The van der Waals surface area contributed by atoms with E-state index in [2.05, 4.69) is 10.1 Å². The highest BCUT2D eigenvalue weighted by molar-refractivity contribution is 7.90. The number of benzene rings is 2. The van der Waals surface area contributed by atoms with Gasteiger partial charge in [0.25, 0.3) is 5.91 Å². The lowest BCUT2D eigenvalue weighted by Gasteiger charge is -2.08. The number of esters is 1. The smallest absolute Gasteiger partial charge is 0.337 e. The molecular weight excluding hydrogens is 401 g/mol. The van der Waals surface area contributed by atoms with Crippen molar-refractivity contribution in [3.8, 4) is 0 Å². The molecule has 7 nitrogen and oxygen atoms in total. The number of hydrogen-bond acceptors (Lipinski definition) is 6. The molecule has 1 heterocycles. The van der Waals surface area contributed by atoms with Crippen molar-refractivity contribution in [1.29, 1.82) is 0 Å². The molecule has 0 saturated carbocycles. The van der Waals surface area contributed by atoms with Gasteiger partial charge in [0.2, 0.25) is 0 Å². The van der Waals surface area contributed by atoms with Crippen LogP contribution in [0.25, 0.3) is 0 Å². The fraction of sp³-hybridized carbons (Fsp3) is 0.100. The molecule has 0 aliphatic rings. The van der Waals surface area contributed by atoms with Crippen LogP contribution < -0.4 is 5.32 Å². The van der Waals surface area contributed by atoms with E-state index in [0.717, 1.165) is 12.1 Å². The molecular formula is C20H16FNO6S. The third-order valence-corrected chi connectivity index (χ3v) is 5.72. The van der Waals surface area contributed by atoms with Crippen molar-refractivity contribution in [2.45, 2.75) is 10.6 Å². The van der Waals surface area contributed by atoms with Gasteiger partial charge in [0.05, 0.1) is 35.3 Å². The van der Waals surface area contributed by atoms with Crippen LogP contribution >= 0.6 is 0 Å². The molecule has 9 heteroatoms. The molecule has 0 radical (unpaired) electrons. The Kier molecular flexibility index (Phi) is 5.79. The van der Waals surface area contributed by atoms with Gasteiger partial charge in [-0.3, -0.25) is 4.79 Å². The van der Waals surface area contributed by atoms with Gasteiger partial charge in [-0.1, -0.05) is 18.2 Å². The van der Waals surface area contributed by atoms with Gasteiger partial charge < -0.3 is 14.5 Å². The summed E-state index contributed by atoms with van der Waals surface area (Å²) in [5.74, 6) is -3.08. The first-order valence-corrected chi connectivity index (χ1v) is 10.0. The van der Waals surface area contributed by atoms with E-state index in [1.54, 1.807) is 18.2 Å². The van der Waals surface area contributed by atoms with Crippen molar-refractivity contribution in [2.75, 3.05) is 12.4 Å². The molecule has 0 aliphatic heterocycles. The summed E-state index contributed by atoms with van der Waals surface area (Å²) in [7, 11) is -2.54. The van der Waals surface area contributed by atoms with Crippen LogP contribution in [-0.2, 0) is 20.3 Å². The highest BCUT2D eigenvalue weighted by Crippen LogP contribution is 2.22. The Morgan fingerprint density at radius 3 is 2.52 bits per heavy atom. The summed E-state index contributed by atoms with van der Waals surface area (Å²) in [4.78, 5) is 24.2. The summed E-state index contributed by atoms with van der Waals surface area (Å²) in [5, 5.41) is 2.29. The van der Waals surface area contributed by atoms with Crippen LogP contribution in [-0.4, -0.2) is 27.4 Å². The van der Waals surface area contributed by atoms with Crippen LogP contribution in [0.2, 0.25) is 0 Å². The van der Waals surface area contributed by atoms with Gasteiger partial charge in [-0.2, -0.15) is 0 Å². The molecule has 3 rings (SSSR count). The molecule has 1 amide bonds. The third-order valence-electron chi connectivity index (χ3n) is 4.04. The molecule has 1 aromatic heterocycles. The second-order valence-electron chi connectivity index (χ2n) is 5.99. The molecule has 0 atom stereocenters. The van der Waals surface area contributed by atoms with Gasteiger partial charge in [0.1, 0.15) is 5.82 Å². The third kappa shape index (κ3) is 4.52. The van der Waals surface area contributed by atoms with Crippen molar-refractivity contribution < 1.29 is 31.6 Å².